The van der Waals surface area contributed by atoms with E-state index in [1.807, 2.05) is 12.1 Å². The maximum absolute atomic E-state index is 10.9. The van der Waals surface area contributed by atoms with E-state index < -0.39 is 5.91 Å². The van der Waals surface area contributed by atoms with Crippen LogP contribution in [0.3, 0.4) is 0 Å². The second-order valence-electron chi connectivity index (χ2n) is 4.95. The van der Waals surface area contributed by atoms with Crippen LogP contribution in [0.2, 0.25) is 0 Å². The number of carbonyl (C=O) groups excluding carboxylic acids is 1. The number of nitrogens with one attached hydrogen (secondary N) is 1. The quantitative estimate of drug-likeness (QED) is 0.728. The molecule has 1 saturated carbocycles. The highest BCUT2D eigenvalue weighted by molar-refractivity contribution is 5.92. The average Bonchev–Trinajstić information content (AvgIpc) is 2.76. The third-order valence-electron chi connectivity index (χ3n) is 3.59. The predicted octanol–water partition coefficient (Wildman–Crippen LogP) is 1.04. The van der Waals surface area contributed by atoms with Gasteiger partial charge >= 0.3 is 0 Å². The minimum atomic E-state index is -0.399. The maximum Gasteiger partial charge on any atom is 0.248 e. The average molecular weight is 248 g/mol. The van der Waals surface area contributed by atoms with Gasteiger partial charge in [-0.3, -0.25) is 4.79 Å². The minimum absolute atomic E-state index is 0.144. The number of amides is 1. The summed E-state index contributed by atoms with van der Waals surface area (Å²) in [5.74, 6) is -0.0153. The van der Waals surface area contributed by atoms with Crippen molar-refractivity contribution in [1.29, 1.82) is 0 Å². The molecule has 0 radical (unpaired) electrons. The Hall–Kier alpha value is -1.39. The van der Waals surface area contributed by atoms with Crippen molar-refractivity contribution in [2.24, 2.45) is 11.7 Å². The number of primary amides is 1. The van der Waals surface area contributed by atoms with Crippen molar-refractivity contribution in [1.82, 2.24) is 5.32 Å². The van der Waals surface area contributed by atoms with Gasteiger partial charge in [-0.2, -0.15) is 0 Å². The summed E-state index contributed by atoms with van der Waals surface area (Å²) in [6.07, 6.45) is 3.02. The summed E-state index contributed by atoms with van der Waals surface area (Å²) in [6, 6.07) is 7.28. The van der Waals surface area contributed by atoms with Gasteiger partial charge in [0.25, 0.3) is 0 Å². The topological polar surface area (TPSA) is 75.4 Å². The number of rotatable bonds is 5. The minimum Gasteiger partial charge on any atom is -0.393 e. The zero-order chi connectivity index (χ0) is 13.0. The smallest absolute Gasteiger partial charge is 0.248 e. The molecule has 4 N–H and O–H groups in total. The molecule has 0 aliphatic heterocycles. The molecule has 98 valence electrons. The molecule has 4 nitrogen and oxygen atoms in total. The van der Waals surface area contributed by atoms with Gasteiger partial charge in [-0.25, -0.2) is 0 Å². The van der Waals surface area contributed by atoms with E-state index in [-0.39, 0.29) is 6.10 Å². The van der Waals surface area contributed by atoms with Crippen molar-refractivity contribution in [3.63, 3.8) is 0 Å². The molecule has 18 heavy (non-hydrogen) atoms. The Bertz CT molecular complexity index is 403. The van der Waals surface area contributed by atoms with Crippen LogP contribution >= 0.6 is 0 Å². The Morgan fingerprint density at radius 1 is 1.33 bits per heavy atom. The van der Waals surface area contributed by atoms with E-state index in [0.29, 0.717) is 11.5 Å². The molecule has 2 atom stereocenters. The van der Waals surface area contributed by atoms with Gasteiger partial charge in [0.1, 0.15) is 0 Å². The van der Waals surface area contributed by atoms with Crippen LogP contribution < -0.4 is 11.1 Å². The summed E-state index contributed by atoms with van der Waals surface area (Å²) in [5.41, 5.74) is 6.83. The number of aliphatic hydroxyl groups is 1. The van der Waals surface area contributed by atoms with Gasteiger partial charge in [-0.1, -0.05) is 18.6 Å². The van der Waals surface area contributed by atoms with E-state index >= 15 is 0 Å². The van der Waals surface area contributed by atoms with Crippen LogP contribution in [0.4, 0.5) is 0 Å². The number of hydrogen-bond donors (Lipinski definition) is 3. The van der Waals surface area contributed by atoms with Crippen LogP contribution in [0.15, 0.2) is 24.3 Å². The number of carbonyl (C=O) groups is 1. The molecule has 0 spiro atoms. The summed E-state index contributed by atoms with van der Waals surface area (Å²) in [6.45, 7) is 1.60. The van der Waals surface area contributed by atoms with Gasteiger partial charge in [0, 0.05) is 18.7 Å². The van der Waals surface area contributed by atoms with Crippen molar-refractivity contribution < 1.29 is 9.90 Å². The number of hydrogen-bond acceptors (Lipinski definition) is 3. The second kappa shape index (κ2) is 5.98. The van der Waals surface area contributed by atoms with Crippen LogP contribution in [-0.2, 0) is 6.54 Å². The molecule has 0 saturated heterocycles. The monoisotopic (exact) mass is 248 g/mol. The largest absolute Gasteiger partial charge is 0.393 e. The highest BCUT2D eigenvalue weighted by atomic mass is 16.3. The lowest BCUT2D eigenvalue weighted by Crippen LogP contribution is -2.27. The lowest BCUT2D eigenvalue weighted by molar-refractivity contribution is 0.1000. The molecule has 1 aromatic carbocycles. The Morgan fingerprint density at radius 2 is 2.06 bits per heavy atom. The standard InChI is InChI=1S/C14H20N2O2/c15-14(18)11-6-4-10(5-7-11)8-16-9-12-2-1-3-13(12)17/h4-7,12-13,16-17H,1-3,8-9H2,(H2,15,18). The van der Waals surface area contributed by atoms with Gasteiger partial charge in [0.2, 0.25) is 5.91 Å². The van der Waals surface area contributed by atoms with Gasteiger partial charge < -0.3 is 16.2 Å². The van der Waals surface area contributed by atoms with Crippen molar-refractivity contribution >= 4 is 5.91 Å². The van der Waals surface area contributed by atoms with Crippen LogP contribution in [-0.4, -0.2) is 23.7 Å². The molecule has 0 aromatic heterocycles. The van der Waals surface area contributed by atoms with E-state index in [4.69, 9.17) is 5.73 Å². The summed E-state index contributed by atoms with van der Waals surface area (Å²) in [5, 5.41) is 13.0. The lowest BCUT2D eigenvalue weighted by atomic mass is 10.1. The molecule has 4 heteroatoms. The molecule has 1 amide bonds. The second-order valence-corrected chi connectivity index (χ2v) is 4.95. The van der Waals surface area contributed by atoms with Gasteiger partial charge in [0.05, 0.1) is 6.10 Å². The van der Waals surface area contributed by atoms with E-state index in [1.165, 1.54) is 0 Å². The molecule has 2 rings (SSSR count). The lowest BCUT2D eigenvalue weighted by Gasteiger charge is -2.15. The van der Waals surface area contributed by atoms with Crippen molar-refractivity contribution in [3.8, 4) is 0 Å². The Morgan fingerprint density at radius 3 is 2.61 bits per heavy atom. The van der Waals surface area contributed by atoms with Crippen LogP contribution in [0.25, 0.3) is 0 Å². The van der Waals surface area contributed by atoms with Crippen LogP contribution in [0.5, 0.6) is 0 Å². The molecule has 1 fully saturated rings. The fraction of sp³-hybridized carbons (Fsp3) is 0.500. The van der Waals surface area contributed by atoms with E-state index in [1.54, 1.807) is 12.1 Å². The van der Waals surface area contributed by atoms with Crippen molar-refractivity contribution in [2.75, 3.05) is 6.54 Å². The molecular formula is C14H20N2O2. The highest BCUT2D eigenvalue weighted by Crippen LogP contribution is 2.24. The van der Waals surface area contributed by atoms with Crippen LogP contribution in [0.1, 0.15) is 35.2 Å². The fourth-order valence-corrected chi connectivity index (χ4v) is 2.44. The van der Waals surface area contributed by atoms with Crippen LogP contribution in [0, 0.1) is 5.92 Å². The Balaban J connectivity index is 1.78. The predicted molar refractivity (Wildman–Crippen MR) is 70.0 cm³/mol. The first-order valence-corrected chi connectivity index (χ1v) is 6.44. The van der Waals surface area contributed by atoms with E-state index in [2.05, 4.69) is 5.32 Å². The zero-order valence-corrected chi connectivity index (χ0v) is 10.4. The fourth-order valence-electron chi connectivity index (χ4n) is 2.44. The SMILES string of the molecule is NC(=O)c1ccc(CNCC2CCCC2O)cc1. The van der Waals surface area contributed by atoms with Crippen molar-refractivity contribution in [3.05, 3.63) is 35.4 Å². The van der Waals surface area contributed by atoms with E-state index in [0.717, 1.165) is 37.9 Å². The summed E-state index contributed by atoms with van der Waals surface area (Å²) in [7, 11) is 0. The molecule has 2 unspecified atom stereocenters. The maximum atomic E-state index is 10.9. The summed E-state index contributed by atoms with van der Waals surface area (Å²) < 4.78 is 0. The Kier molecular flexibility index (Phi) is 4.33. The third-order valence-corrected chi connectivity index (χ3v) is 3.59. The first-order chi connectivity index (χ1) is 8.66. The summed E-state index contributed by atoms with van der Waals surface area (Å²) in [4.78, 5) is 10.9. The van der Waals surface area contributed by atoms with E-state index in [9.17, 15) is 9.90 Å². The molecule has 0 heterocycles. The molecular weight excluding hydrogens is 228 g/mol. The van der Waals surface area contributed by atoms with Crippen molar-refractivity contribution in [2.45, 2.75) is 31.9 Å². The highest BCUT2D eigenvalue weighted by Gasteiger charge is 2.24. The molecule has 1 aliphatic carbocycles. The van der Waals surface area contributed by atoms with Gasteiger partial charge in [0.15, 0.2) is 0 Å². The zero-order valence-electron chi connectivity index (χ0n) is 10.4. The van der Waals surface area contributed by atoms with Gasteiger partial charge in [-0.15, -0.1) is 0 Å². The first kappa shape index (κ1) is 13.1. The number of aliphatic hydroxyl groups excluding tert-OH is 1. The Labute approximate surface area is 107 Å². The summed E-state index contributed by atoms with van der Waals surface area (Å²) >= 11 is 0. The number of benzene rings is 1. The molecule has 0 bridgehead atoms. The third kappa shape index (κ3) is 3.31. The molecule has 1 aromatic rings. The van der Waals surface area contributed by atoms with Gasteiger partial charge in [-0.05, 0) is 36.5 Å². The normalized spacial score (nSPS) is 23.2. The number of nitrogens with two attached hydrogens (primary N) is 1. The molecule has 1 aliphatic rings. The first-order valence-electron chi connectivity index (χ1n) is 6.44.